The fraction of sp³-hybridized carbons (Fsp3) is 0.627. The highest BCUT2D eigenvalue weighted by molar-refractivity contribution is 5.85. The summed E-state index contributed by atoms with van der Waals surface area (Å²) < 4.78 is 20.0. The normalized spacial score (nSPS) is 16.3. The number of carbonyl (C=O) groups is 2. The molecule has 74 heavy (non-hydrogen) atoms. The van der Waals surface area contributed by atoms with Crippen molar-refractivity contribution in [1.82, 2.24) is 59.7 Å². The largest absolute Gasteiger partial charge is 0.377 e. The maximum absolute atomic E-state index is 14.7. The van der Waals surface area contributed by atoms with Gasteiger partial charge in [0.1, 0.15) is 18.7 Å². The van der Waals surface area contributed by atoms with Gasteiger partial charge in [-0.2, -0.15) is 15.0 Å². The number of ether oxygens (including phenoxy) is 3. The van der Waals surface area contributed by atoms with Crippen molar-refractivity contribution in [2.24, 2.45) is 29.2 Å². The molecule has 0 aliphatic carbocycles. The van der Waals surface area contributed by atoms with Crippen LogP contribution in [0.2, 0.25) is 0 Å². The number of hydrogen-bond acceptors (Lipinski definition) is 17. The van der Waals surface area contributed by atoms with Gasteiger partial charge in [0.25, 0.3) is 0 Å². The number of aromatic nitrogens is 10. The predicted molar refractivity (Wildman–Crippen MR) is 287 cm³/mol. The highest BCUT2D eigenvalue weighted by Crippen LogP contribution is 2.28. The molecule has 2 aliphatic heterocycles. The summed E-state index contributed by atoms with van der Waals surface area (Å²) in [6, 6.07) is 8.45. The molecule has 2 saturated heterocycles. The van der Waals surface area contributed by atoms with Crippen molar-refractivity contribution in [3.63, 3.8) is 0 Å². The molecule has 2 aliphatic rings. The van der Waals surface area contributed by atoms with E-state index >= 15 is 0 Å². The number of para-hydroxylation sites is 1. The van der Waals surface area contributed by atoms with Gasteiger partial charge in [0, 0.05) is 76.5 Å². The van der Waals surface area contributed by atoms with Gasteiger partial charge in [0.05, 0.1) is 68.9 Å². The second-order valence-corrected chi connectivity index (χ2v) is 19.9. The first-order chi connectivity index (χ1) is 35.3. The molecular formula is C51H78ClN17O5. The third kappa shape index (κ3) is 15.5. The van der Waals surface area contributed by atoms with E-state index in [4.69, 9.17) is 47.1 Å². The van der Waals surface area contributed by atoms with Crippen LogP contribution >= 0.6 is 12.4 Å². The number of nitrogens with one attached hydrogen (secondary N) is 2. The number of anilines is 3. The van der Waals surface area contributed by atoms with E-state index in [1.165, 1.54) is 0 Å². The smallest absolute Gasteiger partial charge is 0.248 e. The molecule has 6 N–H and O–H groups in total. The fourth-order valence-corrected chi connectivity index (χ4v) is 9.23. The third-order valence-corrected chi connectivity index (χ3v) is 13.4. The Morgan fingerprint density at radius 3 is 1.85 bits per heavy atom. The zero-order chi connectivity index (χ0) is 51.9. The number of carbonyl (C=O) groups excluding carboxylic acids is 2. The van der Waals surface area contributed by atoms with Crippen LogP contribution in [-0.2, 0) is 30.2 Å². The van der Waals surface area contributed by atoms with Gasteiger partial charge in [0.2, 0.25) is 29.7 Å². The minimum absolute atomic E-state index is 0. The number of halogens is 1. The molecule has 0 unspecified atom stereocenters. The van der Waals surface area contributed by atoms with E-state index < -0.39 is 12.1 Å². The first kappa shape index (κ1) is 57.3. The number of rotatable bonds is 27. The van der Waals surface area contributed by atoms with Crippen molar-refractivity contribution >= 4 is 53.0 Å². The van der Waals surface area contributed by atoms with Crippen LogP contribution in [0.15, 0.2) is 42.7 Å². The number of piperazine rings is 2. The Morgan fingerprint density at radius 2 is 1.28 bits per heavy atom. The Hall–Kier alpha value is -5.96. The molecule has 2 fully saturated rings. The van der Waals surface area contributed by atoms with Gasteiger partial charge < -0.3 is 55.6 Å². The Balaban J connectivity index is 0.00000892. The number of nitrogens with zero attached hydrogens (tertiary/aromatic N) is 13. The third-order valence-electron chi connectivity index (χ3n) is 13.4. The number of amides is 2. The summed E-state index contributed by atoms with van der Waals surface area (Å²) in [6.07, 6.45) is 11.6. The lowest BCUT2D eigenvalue weighted by atomic mass is 9.97. The van der Waals surface area contributed by atoms with Crippen molar-refractivity contribution in [3.05, 3.63) is 59.8 Å². The van der Waals surface area contributed by atoms with Crippen LogP contribution in [0.5, 0.6) is 0 Å². The number of fused-ring (bicyclic) bond motifs is 1. The van der Waals surface area contributed by atoms with Crippen LogP contribution in [0.1, 0.15) is 102 Å². The van der Waals surface area contributed by atoms with Gasteiger partial charge >= 0.3 is 0 Å². The Labute approximate surface area is 441 Å². The van der Waals surface area contributed by atoms with Crippen molar-refractivity contribution in [2.45, 2.75) is 91.4 Å². The van der Waals surface area contributed by atoms with Crippen LogP contribution in [0.25, 0.3) is 10.9 Å². The van der Waals surface area contributed by atoms with E-state index in [0.717, 1.165) is 35.9 Å². The molecule has 0 spiro atoms. The van der Waals surface area contributed by atoms with Gasteiger partial charge in [-0.25, -0.2) is 9.36 Å². The number of hydrogen-bond donors (Lipinski definition) is 4. The molecule has 23 heteroatoms. The minimum atomic E-state index is -0.652. The lowest BCUT2D eigenvalue weighted by Gasteiger charge is -2.38. The zero-order valence-electron chi connectivity index (χ0n) is 44.0. The highest BCUT2D eigenvalue weighted by atomic mass is 35.5. The molecule has 2 amide bonds. The van der Waals surface area contributed by atoms with E-state index in [2.05, 4.69) is 100 Å². The second kappa shape index (κ2) is 28.1. The van der Waals surface area contributed by atoms with E-state index in [1.54, 1.807) is 9.36 Å². The van der Waals surface area contributed by atoms with Crippen LogP contribution in [0, 0.1) is 30.1 Å². The molecule has 22 nitrogen and oxygen atoms in total. The average Bonchev–Trinajstić information content (AvgIpc) is 4.18. The van der Waals surface area contributed by atoms with E-state index in [-0.39, 0.29) is 48.8 Å². The van der Waals surface area contributed by atoms with Crippen LogP contribution in [-0.4, -0.2) is 170 Å². The van der Waals surface area contributed by atoms with Crippen molar-refractivity contribution < 1.29 is 23.8 Å². The Bertz CT molecular complexity index is 2510. The van der Waals surface area contributed by atoms with Crippen molar-refractivity contribution in [3.8, 4) is 12.3 Å². The lowest BCUT2D eigenvalue weighted by Crippen LogP contribution is -2.52. The van der Waals surface area contributed by atoms with Gasteiger partial charge in [-0.1, -0.05) is 82.5 Å². The Morgan fingerprint density at radius 1 is 0.743 bits per heavy atom. The van der Waals surface area contributed by atoms with Crippen LogP contribution in [0.4, 0.5) is 17.8 Å². The first-order valence-corrected chi connectivity index (χ1v) is 26.0. The SMILES string of the molecule is C#CCOCCOCCOCCNc1nc(N2CCN(C(=O)[C@H]([C@@H](C)CC)n3cc([C@@H](N)CC(C)C)nn3)CC2)nc(N2CCN(C(=O)[C@H](Cc3cc4ccccc4[nH]3)n3cc([C@@H](N)CC(C)C)nn3)CC2)n1.Cl. The number of aromatic amines is 1. The quantitative estimate of drug-likeness (QED) is 0.0424. The number of H-pyrrole nitrogens is 1. The molecule has 5 aromatic rings. The molecule has 6 heterocycles. The summed E-state index contributed by atoms with van der Waals surface area (Å²) in [4.78, 5) is 55.3. The summed E-state index contributed by atoms with van der Waals surface area (Å²) in [5, 5.41) is 22.1. The molecule has 404 valence electrons. The first-order valence-electron chi connectivity index (χ1n) is 26.0. The lowest BCUT2D eigenvalue weighted by molar-refractivity contribution is -0.137. The van der Waals surface area contributed by atoms with E-state index in [0.29, 0.717) is 139 Å². The number of nitrogens with two attached hydrogens (primary N) is 2. The van der Waals surface area contributed by atoms with Gasteiger partial charge in [-0.15, -0.1) is 29.0 Å². The minimum Gasteiger partial charge on any atom is -0.377 e. The monoisotopic (exact) mass is 1040 g/mol. The molecule has 7 rings (SSSR count). The fourth-order valence-electron chi connectivity index (χ4n) is 9.23. The Kier molecular flexibility index (Phi) is 21.8. The average molecular weight is 1040 g/mol. The molecule has 0 saturated carbocycles. The topological polar surface area (TPSA) is 255 Å². The van der Waals surface area contributed by atoms with Crippen LogP contribution in [0.3, 0.4) is 0 Å². The van der Waals surface area contributed by atoms with Crippen molar-refractivity contribution in [1.29, 1.82) is 0 Å². The highest BCUT2D eigenvalue weighted by Gasteiger charge is 2.35. The summed E-state index contributed by atoms with van der Waals surface area (Å²) in [5.41, 5.74) is 16.3. The van der Waals surface area contributed by atoms with Gasteiger partial charge in [-0.3, -0.25) is 9.59 Å². The molecule has 1 aromatic carbocycles. The molecular weight excluding hydrogens is 966 g/mol. The number of terminal acetylenes is 1. The summed E-state index contributed by atoms with van der Waals surface area (Å²) in [7, 11) is 0. The predicted octanol–water partition coefficient (Wildman–Crippen LogP) is 4.21. The summed E-state index contributed by atoms with van der Waals surface area (Å²) in [5.74, 6) is 4.56. The maximum Gasteiger partial charge on any atom is 0.248 e. The molecule has 0 bridgehead atoms. The zero-order valence-corrected chi connectivity index (χ0v) is 44.8. The van der Waals surface area contributed by atoms with Crippen LogP contribution < -0.4 is 26.6 Å². The van der Waals surface area contributed by atoms with E-state index in [9.17, 15) is 9.59 Å². The second-order valence-electron chi connectivity index (χ2n) is 19.9. The molecule has 5 atom stereocenters. The summed E-state index contributed by atoms with van der Waals surface area (Å²) in [6.45, 7) is 19.2. The van der Waals surface area contributed by atoms with Gasteiger partial charge in [0.15, 0.2) is 0 Å². The standard InChI is InChI=1S/C51H77N17O5.ClH/c1-8-23-71-25-27-73-28-26-72-24-14-54-49-56-50(58-51(57-49)66-21-17-64(18-22-66)48(70)46(37(7)9-2)68-34-44(60-62-68)41(53)30-36(5)6)65-19-15-63(16-20-65)47(69)45(32-39-31-38-12-10-11-13-42(38)55-39)67-33-43(59-61-67)40(52)29-35(3)4;/h1,10-13,31,33-37,40-41,45-46,55H,9,14-30,32,52-53H2,2-7H3,(H,54,56,57,58);1H/t37-,40-,41-,45-,46-;/m0./s1. The number of benzene rings is 1. The van der Waals surface area contributed by atoms with E-state index in [1.807, 2.05) is 40.4 Å². The molecule has 4 aromatic heterocycles. The molecule has 0 radical (unpaired) electrons. The maximum atomic E-state index is 14.7. The summed E-state index contributed by atoms with van der Waals surface area (Å²) >= 11 is 0. The van der Waals surface area contributed by atoms with Gasteiger partial charge in [-0.05, 0) is 48.1 Å². The van der Waals surface area contributed by atoms with Crippen molar-refractivity contribution in [2.75, 3.05) is 114 Å².